The number of nitrogens with one attached hydrogen (secondary N) is 1. The summed E-state index contributed by atoms with van der Waals surface area (Å²) < 4.78 is 11.6. The molecule has 1 fully saturated rings. The van der Waals surface area contributed by atoms with Crippen LogP contribution in [-0.2, 0) is 4.74 Å². The Morgan fingerprint density at radius 3 is 2.59 bits per heavy atom. The largest absolute Gasteiger partial charge is 0.497 e. The normalized spacial score (nSPS) is 25.2. The van der Waals surface area contributed by atoms with Gasteiger partial charge >= 0.3 is 5.69 Å². The number of nitrogens with zero attached hydrogens (tertiary/aromatic N) is 3. The molecule has 2 aromatic heterocycles. The number of methoxy groups -OCH3 is 1. The number of aliphatic hydroxyl groups is 3. The summed E-state index contributed by atoms with van der Waals surface area (Å²) in [5.74, 6) is 1.22. The maximum absolute atomic E-state index is 12.3. The fraction of sp³-hybridized carbons (Fsp3) is 0.353. The molecule has 4 N–H and O–H groups in total. The number of rotatable bonds is 4. The van der Waals surface area contributed by atoms with Crippen molar-refractivity contribution in [1.29, 1.82) is 0 Å². The summed E-state index contributed by atoms with van der Waals surface area (Å²) in [6.07, 6.45) is -3.40. The number of imidazole rings is 1. The van der Waals surface area contributed by atoms with Crippen LogP contribution in [0.3, 0.4) is 0 Å². The average molecular weight is 374 g/mol. The van der Waals surface area contributed by atoms with E-state index in [2.05, 4.69) is 15.0 Å². The zero-order chi connectivity index (χ0) is 19.1. The van der Waals surface area contributed by atoms with E-state index in [1.807, 2.05) is 12.1 Å². The van der Waals surface area contributed by atoms with Gasteiger partial charge in [0.1, 0.15) is 35.4 Å². The van der Waals surface area contributed by atoms with Gasteiger partial charge in [-0.2, -0.15) is 4.98 Å². The van der Waals surface area contributed by atoms with Crippen LogP contribution in [0.2, 0.25) is 0 Å². The van der Waals surface area contributed by atoms with Crippen LogP contribution >= 0.6 is 0 Å². The molecule has 1 aliphatic rings. The molecule has 27 heavy (non-hydrogen) atoms. The van der Waals surface area contributed by atoms with Crippen molar-refractivity contribution in [3.63, 3.8) is 0 Å². The molecule has 142 valence electrons. The predicted octanol–water partition coefficient (Wildman–Crippen LogP) is -0.593. The van der Waals surface area contributed by atoms with Gasteiger partial charge in [-0.3, -0.25) is 4.57 Å². The molecule has 10 nitrogen and oxygen atoms in total. The maximum atomic E-state index is 12.3. The number of aromatic nitrogens is 4. The minimum Gasteiger partial charge on any atom is -0.497 e. The summed E-state index contributed by atoms with van der Waals surface area (Å²) in [7, 11) is 1.58. The van der Waals surface area contributed by atoms with Crippen molar-refractivity contribution in [2.45, 2.75) is 24.5 Å². The van der Waals surface area contributed by atoms with Crippen LogP contribution in [0, 0.1) is 0 Å². The van der Waals surface area contributed by atoms with Crippen LogP contribution in [-0.4, -0.2) is 66.9 Å². The zero-order valence-corrected chi connectivity index (χ0v) is 14.3. The van der Waals surface area contributed by atoms with Gasteiger partial charge in [0.2, 0.25) is 0 Å². The number of benzene rings is 1. The van der Waals surface area contributed by atoms with Gasteiger partial charge in [0.25, 0.3) is 0 Å². The minimum absolute atomic E-state index is 0.216. The van der Waals surface area contributed by atoms with Gasteiger partial charge in [-0.1, -0.05) is 0 Å². The topological polar surface area (TPSA) is 143 Å². The van der Waals surface area contributed by atoms with Gasteiger partial charge in [-0.25, -0.2) is 9.78 Å². The van der Waals surface area contributed by atoms with Crippen molar-refractivity contribution in [3.05, 3.63) is 40.9 Å². The van der Waals surface area contributed by atoms with E-state index in [0.29, 0.717) is 17.1 Å². The van der Waals surface area contributed by atoms with Gasteiger partial charge in [0.15, 0.2) is 11.9 Å². The Labute approximate surface area is 152 Å². The molecule has 1 saturated heterocycles. The van der Waals surface area contributed by atoms with E-state index < -0.39 is 36.8 Å². The Kier molecular flexibility index (Phi) is 4.40. The van der Waals surface area contributed by atoms with Crippen LogP contribution in [0.25, 0.3) is 22.6 Å². The van der Waals surface area contributed by atoms with Gasteiger partial charge < -0.3 is 29.8 Å². The fourth-order valence-corrected chi connectivity index (χ4v) is 3.07. The molecule has 0 spiro atoms. The molecule has 1 aliphatic heterocycles. The van der Waals surface area contributed by atoms with E-state index in [-0.39, 0.29) is 5.65 Å². The summed E-state index contributed by atoms with van der Waals surface area (Å²) >= 11 is 0. The van der Waals surface area contributed by atoms with Gasteiger partial charge in [-0.15, -0.1) is 0 Å². The Hall–Kier alpha value is -2.79. The smallest absolute Gasteiger partial charge is 0.351 e. The molecule has 4 atom stereocenters. The number of fused-ring (bicyclic) bond motifs is 1. The lowest BCUT2D eigenvalue weighted by molar-refractivity contribution is -0.0547. The van der Waals surface area contributed by atoms with E-state index in [0.717, 1.165) is 10.1 Å². The van der Waals surface area contributed by atoms with Crippen LogP contribution in [0.1, 0.15) is 6.23 Å². The first-order valence-corrected chi connectivity index (χ1v) is 8.27. The van der Waals surface area contributed by atoms with Gasteiger partial charge in [0.05, 0.1) is 13.7 Å². The Bertz CT molecular complexity index is 1010. The molecular weight excluding hydrogens is 356 g/mol. The van der Waals surface area contributed by atoms with E-state index in [1.54, 1.807) is 19.2 Å². The molecule has 3 aromatic rings. The summed E-state index contributed by atoms with van der Waals surface area (Å²) in [5, 5.41) is 29.2. The van der Waals surface area contributed by atoms with E-state index >= 15 is 0 Å². The van der Waals surface area contributed by atoms with Gasteiger partial charge in [-0.05, 0) is 24.3 Å². The first-order chi connectivity index (χ1) is 13.0. The maximum Gasteiger partial charge on any atom is 0.351 e. The summed E-state index contributed by atoms with van der Waals surface area (Å²) in [6.45, 7) is -0.481. The highest BCUT2D eigenvalue weighted by molar-refractivity contribution is 5.75. The molecule has 0 saturated carbocycles. The second-order valence-electron chi connectivity index (χ2n) is 6.21. The highest BCUT2D eigenvalue weighted by Crippen LogP contribution is 2.29. The number of hydrogen-bond donors (Lipinski definition) is 4. The third-order valence-electron chi connectivity index (χ3n) is 4.56. The van der Waals surface area contributed by atoms with Crippen LogP contribution < -0.4 is 10.4 Å². The molecular formula is C17H18N4O6. The lowest BCUT2D eigenvalue weighted by Crippen LogP contribution is -2.35. The van der Waals surface area contributed by atoms with Crippen molar-refractivity contribution in [2.75, 3.05) is 13.7 Å². The monoisotopic (exact) mass is 374 g/mol. The van der Waals surface area contributed by atoms with Crippen LogP contribution in [0.5, 0.6) is 5.75 Å². The Morgan fingerprint density at radius 2 is 1.96 bits per heavy atom. The summed E-state index contributed by atoms with van der Waals surface area (Å²) in [5.41, 5.74) is 0.762. The van der Waals surface area contributed by atoms with Crippen LogP contribution in [0.4, 0.5) is 0 Å². The highest BCUT2D eigenvalue weighted by atomic mass is 16.6. The quantitative estimate of drug-likeness (QED) is 0.474. The first-order valence-electron chi connectivity index (χ1n) is 8.27. The summed E-state index contributed by atoms with van der Waals surface area (Å²) in [4.78, 5) is 23.6. The standard InChI is InChI=1S/C17H18N4O6/c1-26-9-4-2-8(3-5-9)14-18-10-6-21(17(25)20-15(10)19-14)16-13(24)12(23)11(7-22)27-16/h2-6,11-13,16,22-24H,7H2,1H3,(H,18,19,20,25)/t11-,12-,13-,16-/m1/s1. The Morgan fingerprint density at radius 1 is 1.22 bits per heavy atom. The average Bonchev–Trinajstić information content (AvgIpc) is 3.22. The third-order valence-corrected chi connectivity index (χ3v) is 4.56. The third kappa shape index (κ3) is 2.98. The Balaban J connectivity index is 1.72. The number of H-pyrrole nitrogens is 1. The lowest BCUT2D eigenvalue weighted by Gasteiger charge is -2.16. The molecule has 0 bridgehead atoms. The van der Waals surface area contributed by atoms with Crippen molar-refractivity contribution in [1.82, 2.24) is 19.5 Å². The first kappa shape index (κ1) is 17.6. The number of aliphatic hydroxyl groups excluding tert-OH is 3. The van der Waals surface area contributed by atoms with Crippen molar-refractivity contribution in [2.24, 2.45) is 0 Å². The molecule has 3 heterocycles. The molecule has 0 amide bonds. The molecule has 0 aliphatic carbocycles. The fourth-order valence-electron chi connectivity index (χ4n) is 3.07. The number of aromatic amines is 1. The molecule has 4 rings (SSSR count). The predicted molar refractivity (Wildman–Crippen MR) is 93.1 cm³/mol. The van der Waals surface area contributed by atoms with E-state index in [1.165, 1.54) is 6.20 Å². The molecule has 1 aromatic carbocycles. The van der Waals surface area contributed by atoms with E-state index in [4.69, 9.17) is 9.47 Å². The van der Waals surface area contributed by atoms with Crippen molar-refractivity contribution in [3.8, 4) is 17.1 Å². The van der Waals surface area contributed by atoms with Crippen molar-refractivity contribution >= 4 is 11.2 Å². The van der Waals surface area contributed by atoms with Crippen LogP contribution in [0.15, 0.2) is 35.3 Å². The lowest BCUT2D eigenvalue weighted by atomic mass is 10.1. The second-order valence-corrected chi connectivity index (χ2v) is 6.21. The molecule has 0 radical (unpaired) electrons. The molecule has 0 unspecified atom stereocenters. The zero-order valence-electron chi connectivity index (χ0n) is 14.3. The van der Waals surface area contributed by atoms with Crippen molar-refractivity contribution < 1.29 is 24.8 Å². The number of hydrogen-bond acceptors (Lipinski definition) is 8. The summed E-state index contributed by atoms with van der Waals surface area (Å²) in [6, 6.07) is 7.20. The minimum atomic E-state index is -1.37. The molecule has 10 heteroatoms. The van der Waals surface area contributed by atoms with E-state index in [9.17, 15) is 20.1 Å². The van der Waals surface area contributed by atoms with Gasteiger partial charge in [0, 0.05) is 11.8 Å². The SMILES string of the molecule is COc1ccc(-c2nc3nc(=O)n([C@@H]4O[C@H](CO)[C@@H](O)[C@H]4O)cc3[nH]2)cc1. The highest BCUT2D eigenvalue weighted by Gasteiger charge is 2.43. The number of ether oxygens (including phenoxy) is 2. The second kappa shape index (κ2) is 6.74.